The lowest BCUT2D eigenvalue weighted by Gasteiger charge is -2.11. The predicted octanol–water partition coefficient (Wildman–Crippen LogP) is 3.75. The Morgan fingerprint density at radius 2 is 1.83 bits per heavy atom. The Kier molecular flexibility index (Phi) is 7.45. The van der Waals surface area contributed by atoms with Crippen LogP contribution in [0.1, 0.15) is 30.0 Å². The number of hydrogen-bond donors (Lipinski definition) is 3. The largest absolute Gasteiger partial charge is 0.494 e. The van der Waals surface area contributed by atoms with Gasteiger partial charge in [-0.25, -0.2) is 4.98 Å². The summed E-state index contributed by atoms with van der Waals surface area (Å²) in [4.78, 5) is 29.3. The van der Waals surface area contributed by atoms with Crippen LogP contribution in [-0.2, 0) is 11.2 Å². The molecule has 1 aromatic heterocycles. The molecule has 0 saturated heterocycles. The molecule has 1 heterocycles. The molecule has 0 aliphatic heterocycles. The lowest BCUT2D eigenvalue weighted by molar-refractivity contribution is -0.113. The number of nitrogens with one attached hydrogen (secondary N) is 3. The summed E-state index contributed by atoms with van der Waals surface area (Å²) >= 11 is 1.23. The molecule has 30 heavy (non-hydrogen) atoms. The molecule has 0 unspecified atom stereocenters. The minimum Gasteiger partial charge on any atom is -0.494 e. The zero-order chi connectivity index (χ0) is 21.3. The van der Waals surface area contributed by atoms with Crippen molar-refractivity contribution in [3.05, 3.63) is 59.9 Å². The molecule has 0 spiro atoms. The number of rotatable bonds is 9. The minimum absolute atomic E-state index is 0.135. The highest BCUT2D eigenvalue weighted by molar-refractivity contribution is 7.99. The van der Waals surface area contributed by atoms with Crippen molar-refractivity contribution >= 4 is 35.0 Å². The summed E-state index contributed by atoms with van der Waals surface area (Å²) in [7, 11) is 0. The fourth-order valence-corrected chi connectivity index (χ4v) is 3.22. The van der Waals surface area contributed by atoms with Gasteiger partial charge in [-0.05, 0) is 43.3 Å². The highest BCUT2D eigenvalue weighted by atomic mass is 32.2. The van der Waals surface area contributed by atoms with E-state index in [-0.39, 0.29) is 17.6 Å². The lowest BCUT2D eigenvalue weighted by Crippen LogP contribution is -2.19. The Hall–Kier alpha value is -3.33. The number of aromatic nitrogens is 3. The van der Waals surface area contributed by atoms with Crippen LogP contribution in [-0.4, -0.2) is 39.4 Å². The summed E-state index contributed by atoms with van der Waals surface area (Å²) < 4.78 is 5.40. The number of H-pyrrole nitrogens is 1. The molecular weight excluding hydrogens is 402 g/mol. The van der Waals surface area contributed by atoms with Gasteiger partial charge in [-0.2, -0.15) is 0 Å². The summed E-state index contributed by atoms with van der Waals surface area (Å²) in [6.45, 7) is 4.46. The van der Waals surface area contributed by atoms with Gasteiger partial charge in [-0.15, -0.1) is 5.10 Å². The molecule has 8 nitrogen and oxygen atoms in total. The SMILES string of the molecule is CCOc1ccc(NC(=O)c2ccccc2NC(=O)CSc2n[nH]c(CC)n2)cc1. The Morgan fingerprint density at radius 3 is 2.53 bits per heavy atom. The highest BCUT2D eigenvalue weighted by Crippen LogP contribution is 2.20. The van der Waals surface area contributed by atoms with Crippen LogP contribution in [0.4, 0.5) is 11.4 Å². The zero-order valence-corrected chi connectivity index (χ0v) is 17.6. The number of thioether (sulfide) groups is 1. The lowest BCUT2D eigenvalue weighted by atomic mass is 10.1. The molecule has 0 aliphatic rings. The Morgan fingerprint density at radius 1 is 1.07 bits per heavy atom. The molecule has 0 radical (unpaired) electrons. The van der Waals surface area contributed by atoms with Gasteiger partial charge in [0.25, 0.3) is 5.91 Å². The number of benzene rings is 2. The van der Waals surface area contributed by atoms with Crippen LogP contribution in [0.5, 0.6) is 5.75 Å². The third-order valence-electron chi connectivity index (χ3n) is 4.05. The van der Waals surface area contributed by atoms with E-state index >= 15 is 0 Å². The van der Waals surface area contributed by atoms with Gasteiger partial charge in [0.05, 0.1) is 23.6 Å². The van der Waals surface area contributed by atoms with Crippen molar-refractivity contribution in [2.45, 2.75) is 25.4 Å². The third kappa shape index (κ3) is 5.84. The summed E-state index contributed by atoms with van der Waals surface area (Å²) in [5, 5.41) is 13.0. The van der Waals surface area contributed by atoms with Gasteiger partial charge in [0.2, 0.25) is 11.1 Å². The smallest absolute Gasteiger partial charge is 0.257 e. The molecule has 0 saturated carbocycles. The van der Waals surface area contributed by atoms with E-state index in [1.165, 1.54) is 11.8 Å². The molecular formula is C21H23N5O3S. The van der Waals surface area contributed by atoms with E-state index in [0.717, 1.165) is 18.0 Å². The maximum absolute atomic E-state index is 12.7. The molecule has 0 aliphatic carbocycles. The first-order valence-corrected chi connectivity index (χ1v) is 10.5. The van der Waals surface area contributed by atoms with Crippen molar-refractivity contribution < 1.29 is 14.3 Å². The maximum atomic E-state index is 12.7. The molecule has 0 atom stereocenters. The number of aryl methyl sites for hydroxylation is 1. The van der Waals surface area contributed by atoms with E-state index in [1.54, 1.807) is 48.5 Å². The average molecular weight is 426 g/mol. The van der Waals surface area contributed by atoms with E-state index in [9.17, 15) is 9.59 Å². The van der Waals surface area contributed by atoms with Gasteiger partial charge in [0, 0.05) is 12.1 Å². The number of nitrogens with zero attached hydrogens (tertiary/aromatic N) is 2. The van der Waals surface area contributed by atoms with Crippen molar-refractivity contribution in [1.29, 1.82) is 0 Å². The van der Waals surface area contributed by atoms with Crippen molar-refractivity contribution in [3.63, 3.8) is 0 Å². The van der Waals surface area contributed by atoms with E-state index in [1.807, 2.05) is 13.8 Å². The Labute approximate surface area is 178 Å². The van der Waals surface area contributed by atoms with E-state index in [2.05, 4.69) is 25.8 Å². The van der Waals surface area contributed by atoms with Gasteiger partial charge in [-0.3, -0.25) is 14.7 Å². The van der Waals surface area contributed by atoms with Crippen LogP contribution < -0.4 is 15.4 Å². The van der Waals surface area contributed by atoms with Crippen molar-refractivity contribution in [2.24, 2.45) is 0 Å². The minimum atomic E-state index is -0.315. The summed E-state index contributed by atoms with van der Waals surface area (Å²) in [6, 6.07) is 14.0. The van der Waals surface area contributed by atoms with Crippen molar-refractivity contribution in [1.82, 2.24) is 15.2 Å². The molecule has 2 aromatic carbocycles. The highest BCUT2D eigenvalue weighted by Gasteiger charge is 2.14. The molecule has 3 rings (SSSR count). The number of carbonyl (C=O) groups is 2. The molecule has 0 bridgehead atoms. The fourth-order valence-electron chi connectivity index (χ4n) is 2.61. The van der Waals surface area contributed by atoms with Gasteiger partial charge in [0.15, 0.2) is 0 Å². The molecule has 156 valence electrons. The average Bonchev–Trinajstić information content (AvgIpc) is 3.22. The standard InChI is InChI=1S/C21H23N5O3S/c1-3-18-24-21(26-25-18)30-13-19(27)23-17-8-6-5-7-16(17)20(28)22-14-9-11-15(12-10-14)29-4-2/h5-12H,3-4,13H2,1-2H3,(H,22,28)(H,23,27)(H,24,25,26). The van der Waals surface area contributed by atoms with E-state index < -0.39 is 0 Å². The van der Waals surface area contributed by atoms with Crippen LogP contribution >= 0.6 is 11.8 Å². The topological polar surface area (TPSA) is 109 Å². The normalized spacial score (nSPS) is 10.5. The van der Waals surface area contributed by atoms with Gasteiger partial charge >= 0.3 is 0 Å². The maximum Gasteiger partial charge on any atom is 0.257 e. The van der Waals surface area contributed by atoms with Crippen LogP contribution in [0, 0.1) is 0 Å². The summed E-state index contributed by atoms with van der Waals surface area (Å²) in [5.74, 6) is 1.08. The second kappa shape index (κ2) is 10.4. The number of hydrogen-bond acceptors (Lipinski definition) is 6. The number of anilines is 2. The molecule has 3 aromatic rings. The Bertz CT molecular complexity index is 1000. The molecule has 3 N–H and O–H groups in total. The second-order valence-corrected chi connectivity index (χ2v) is 7.15. The number of carbonyl (C=O) groups excluding carboxylic acids is 2. The third-order valence-corrected chi connectivity index (χ3v) is 4.89. The number of para-hydroxylation sites is 1. The quantitative estimate of drug-likeness (QED) is 0.451. The van der Waals surface area contributed by atoms with Crippen LogP contribution in [0.25, 0.3) is 0 Å². The van der Waals surface area contributed by atoms with E-state index in [0.29, 0.717) is 28.7 Å². The summed E-state index contributed by atoms with van der Waals surface area (Å²) in [5.41, 5.74) is 1.45. The molecule has 9 heteroatoms. The van der Waals surface area contributed by atoms with Crippen LogP contribution in [0.2, 0.25) is 0 Å². The number of aromatic amines is 1. The molecule has 0 fully saturated rings. The zero-order valence-electron chi connectivity index (χ0n) is 16.8. The molecule has 2 amide bonds. The van der Waals surface area contributed by atoms with E-state index in [4.69, 9.17) is 4.74 Å². The fraction of sp³-hybridized carbons (Fsp3) is 0.238. The van der Waals surface area contributed by atoms with Crippen molar-refractivity contribution in [3.8, 4) is 5.75 Å². The predicted molar refractivity (Wildman–Crippen MR) is 117 cm³/mol. The van der Waals surface area contributed by atoms with Crippen LogP contribution in [0.15, 0.2) is 53.7 Å². The first-order valence-electron chi connectivity index (χ1n) is 9.56. The second-order valence-electron chi connectivity index (χ2n) is 6.21. The van der Waals surface area contributed by atoms with Gasteiger partial charge < -0.3 is 15.4 Å². The monoisotopic (exact) mass is 425 g/mol. The first kappa shape index (κ1) is 21.4. The Balaban J connectivity index is 1.61. The first-order chi connectivity index (χ1) is 14.6. The summed E-state index contributed by atoms with van der Waals surface area (Å²) in [6.07, 6.45) is 0.747. The number of ether oxygens (including phenoxy) is 1. The van der Waals surface area contributed by atoms with Gasteiger partial charge in [0.1, 0.15) is 11.6 Å². The van der Waals surface area contributed by atoms with Gasteiger partial charge in [-0.1, -0.05) is 30.8 Å². The van der Waals surface area contributed by atoms with Crippen LogP contribution in [0.3, 0.4) is 0 Å². The van der Waals surface area contributed by atoms with Crippen molar-refractivity contribution in [2.75, 3.05) is 23.0 Å². The number of amides is 2.